The molecule has 2 fully saturated rings. The fraction of sp³-hybridized carbons (Fsp3) is 0.909. The lowest BCUT2D eigenvalue weighted by Crippen LogP contribution is -2.40. The molecular formula is C11H19NO2. The summed E-state index contributed by atoms with van der Waals surface area (Å²) in [6.45, 7) is 1.70. The molecule has 0 radical (unpaired) electrons. The third kappa shape index (κ3) is 2.08. The number of hydrogen-bond donors (Lipinski definition) is 1. The van der Waals surface area contributed by atoms with Gasteiger partial charge < -0.3 is 10.0 Å². The predicted molar refractivity (Wildman–Crippen MR) is 53.8 cm³/mol. The van der Waals surface area contributed by atoms with Gasteiger partial charge in [0.15, 0.2) is 0 Å². The molecule has 1 amide bonds. The number of rotatable bonds is 2. The summed E-state index contributed by atoms with van der Waals surface area (Å²) in [5, 5.41) is 9.67. The standard InChI is InChI=1S/C11H19NO2/c13-10-5-3-4-9(10)8-12-7-2-1-6-11(12)14/h9-10,13H,1-8H2. The lowest BCUT2D eigenvalue weighted by atomic mass is 10.0. The Labute approximate surface area is 85.1 Å². The fourth-order valence-electron chi connectivity index (χ4n) is 2.57. The molecule has 14 heavy (non-hydrogen) atoms. The van der Waals surface area contributed by atoms with E-state index in [0.717, 1.165) is 45.2 Å². The number of likely N-dealkylation sites (tertiary alicyclic amines) is 1. The first kappa shape index (κ1) is 9.97. The Balaban J connectivity index is 1.86. The molecule has 1 saturated heterocycles. The Morgan fingerprint density at radius 2 is 2.14 bits per heavy atom. The van der Waals surface area contributed by atoms with E-state index in [1.54, 1.807) is 0 Å². The van der Waals surface area contributed by atoms with Crippen LogP contribution in [0.3, 0.4) is 0 Å². The summed E-state index contributed by atoms with van der Waals surface area (Å²) in [5.74, 6) is 0.632. The average Bonchev–Trinajstić information content (AvgIpc) is 2.56. The van der Waals surface area contributed by atoms with Crippen LogP contribution in [0, 0.1) is 5.92 Å². The summed E-state index contributed by atoms with van der Waals surface area (Å²) in [5.41, 5.74) is 0. The van der Waals surface area contributed by atoms with Crippen molar-refractivity contribution in [3.63, 3.8) is 0 Å². The zero-order chi connectivity index (χ0) is 9.97. The van der Waals surface area contributed by atoms with E-state index in [2.05, 4.69) is 0 Å². The van der Waals surface area contributed by atoms with Crippen LogP contribution in [-0.2, 0) is 4.79 Å². The molecular weight excluding hydrogens is 178 g/mol. The normalized spacial score (nSPS) is 33.8. The molecule has 0 spiro atoms. The first-order valence-corrected chi connectivity index (χ1v) is 5.73. The van der Waals surface area contributed by atoms with Gasteiger partial charge in [-0.25, -0.2) is 0 Å². The maximum atomic E-state index is 11.5. The van der Waals surface area contributed by atoms with E-state index in [1.165, 1.54) is 0 Å². The van der Waals surface area contributed by atoms with Crippen LogP contribution >= 0.6 is 0 Å². The minimum Gasteiger partial charge on any atom is -0.393 e. The first-order valence-electron chi connectivity index (χ1n) is 5.73. The van der Waals surface area contributed by atoms with Gasteiger partial charge in [-0.1, -0.05) is 6.42 Å². The van der Waals surface area contributed by atoms with Gasteiger partial charge in [-0.2, -0.15) is 0 Å². The lowest BCUT2D eigenvalue weighted by Gasteiger charge is -2.30. The maximum absolute atomic E-state index is 11.5. The monoisotopic (exact) mass is 197 g/mol. The van der Waals surface area contributed by atoms with E-state index in [0.29, 0.717) is 12.3 Å². The van der Waals surface area contributed by atoms with Gasteiger partial charge in [0.05, 0.1) is 6.10 Å². The number of nitrogens with zero attached hydrogens (tertiary/aromatic N) is 1. The molecule has 3 nitrogen and oxygen atoms in total. The highest BCUT2D eigenvalue weighted by Crippen LogP contribution is 2.27. The van der Waals surface area contributed by atoms with Crippen molar-refractivity contribution in [2.45, 2.75) is 44.6 Å². The molecule has 1 saturated carbocycles. The Bertz CT molecular complexity index is 217. The third-order valence-corrected chi connectivity index (χ3v) is 3.50. The molecule has 1 aliphatic heterocycles. The second kappa shape index (κ2) is 4.30. The highest BCUT2D eigenvalue weighted by atomic mass is 16.3. The van der Waals surface area contributed by atoms with E-state index in [9.17, 15) is 9.90 Å². The van der Waals surface area contributed by atoms with Crippen LogP contribution in [0.15, 0.2) is 0 Å². The van der Waals surface area contributed by atoms with E-state index in [4.69, 9.17) is 0 Å². The molecule has 0 aromatic heterocycles. The highest BCUT2D eigenvalue weighted by molar-refractivity contribution is 5.76. The molecule has 80 valence electrons. The van der Waals surface area contributed by atoms with Gasteiger partial charge >= 0.3 is 0 Å². The Morgan fingerprint density at radius 1 is 1.29 bits per heavy atom. The fourth-order valence-corrected chi connectivity index (χ4v) is 2.57. The lowest BCUT2D eigenvalue weighted by molar-refractivity contribution is -0.134. The highest BCUT2D eigenvalue weighted by Gasteiger charge is 2.29. The minimum absolute atomic E-state index is 0.162. The maximum Gasteiger partial charge on any atom is 0.222 e. The largest absolute Gasteiger partial charge is 0.393 e. The van der Waals surface area contributed by atoms with Gasteiger partial charge in [-0.15, -0.1) is 0 Å². The third-order valence-electron chi connectivity index (χ3n) is 3.50. The molecule has 1 N–H and O–H groups in total. The van der Waals surface area contributed by atoms with Crippen LogP contribution in [-0.4, -0.2) is 35.1 Å². The summed E-state index contributed by atoms with van der Waals surface area (Å²) >= 11 is 0. The topological polar surface area (TPSA) is 40.5 Å². The van der Waals surface area contributed by atoms with Crippen LogP contribution in [0.1, 0.15) is 38.5 Å². The zero-order valence-electron chi connectivity index (χ0n) is 8.61. The first-order chi connectivity index (χ1) is 6.77. The van der Waals surface area contributed by atoms with Crippen LogP contribution < -0.4 is 0 Å². The van der Waals surface area contributed by atoms with Crippen molar-refractivity contribution in [1.29, 1.82) is 0 Å². The molecule has 0 aromatic rings. The predicted octanol–water partition coefficient (Wildman–Crippen LogP) is 1.16. The van der Waals surface area contributed by atoms with Crippen molar-refractivity contribution in [2.75, 3.05) is 13.1 Å². The summed E-state index contributed by atoms with van der Waals surface area (Å²) in [6.07, 6.45) is 5.86. The van der Waals surface area contributed by atoms with Crippen LogP contribution in [0.5, 0.6) is 0 Å². The minimum atomic E-state index is -0.162. The van der Waals surface area contributed by atoms with Crippen LogP contribution in [0.2, 0.25) is 0 Å². The van der Waals surface area contributed by atoms with Crippen molar-refractivity contribution in [3.05, 3.63) is 0 Å². The quantitative estimate of drug-likeness (QED) is 0.721. The number of piperidine rings is 1. The molecule has 1 aliphatic carbocycles. The molecule has 2 unspecified atom stereocenters. The van der Waals surface area contributed by atoms with Gasteiger partial charge in [0.2, 0.25) is 5.91 Å². The van der Waals surface area contributed by atoms with Crippen molar-refractivity contribution >= 4 is 5.91 Å². The van der Waals surface area contributed by atoms with Crippen LogP contribution in [0.4, 0.5) is 0 Å². The summed E-state index contributed by atoms with van der Waals surface area (Å²) in [6, 6.07) is 0. The second-order valence-electron chi connectivity index (χ2n) is 4.56. The van der Waals surface area contributed by atoms with Crippen molar-refractivity contribution in [2.24, 2.45) is 5.92 Å². The zero-order valence-corrected chi connectivity index (χ0v) is 8.61. The molecule has 1 heterocycles. The number of aliphatic hydroxyl groups excluding tert-OH is 1. The number of hydrogen-bond acceptors (Lipinski definition) is 2. The Morgan fingerprint density at radius 3 is 2.79 bits per heavy atom. The molecule has 3 heteroatoms. The average molecular weight is 197 g/mol. The van der Waals surface area contributed by atoms with E-state index >= 15 is 0 Å². The van der Waals surface area contributed by atoms with Gasteiger partial charge in [0.1, 0.15) is 0 Å². The van der Waals surface area contributed by atoms with Crippen LogP contribution in [0.25, 0.3) is 0 Å². The molecule has 2 rings (SSSR count). The van der Waals surface area contributed by atoms with Gasteiger partial charge in [-0.05, 0) is 25.7 Å². The number of aliphatic hydroxyl groups is 1. The van der Waals surface area contributed by atoms with Gasteiger partial charge in [0, 0.05) is 25.4 Å². The Hall–Kier alpha value is -0.570. The number of amides is 1. The van der Waals surface area contributed by atoms with E-state index in [-0.39, 0.29) is 12.0 Å². The van der Waals surface area contributed by atoms with Crippen molar-refractivity contribution in [3.8, 4) is 0 Å². The summed E-state index contributed by atoms with van der Waals surface area (Å²) in [4.78, 5) is 13.5. The number of carbonyl (C=O) groups excluding carboxylic acids is 1. The number of carbonyl (C=O) groups is 1. The smallest absolute Gasteiger partial charge is 0.222 e. The van der Waals surface area contributed by atoms with Crippen molar-refractivity contribution < 1.29 is 9.90 Å². The van der Waals surface area contributed by atoms with Gasteiger partial charge in [-0.3, -0.25) is 4.79 Å². The van der Waals surface area contributed by atoms with Crippen molar-refractivity contribution in [1.82, 2.24) is 4.90 Å². The second-order valence-corrected chi connectivity index (χ2v) is 4.56. The molecule has 2 atom stereocenters. The van der Waals surface area contributed by atoms with E-state index in [1.807, 2.05) is 4.90 Å². The molecule has 0 bridgehead atoms. The molecule has 0 aromatic carbocycles. The Kier molecular flexibility index (Phi) is 3.06. The van der Waals surface area contributed by atoms with E-state index < -0.39 is 0 Å². The molecule has 2 aliphatic rings. The SMILES string of the molecule is O=C1CCCCN1CC1CCCC1O. The summed E-state index contributed by atoms with van der Waals surface area (Å²) in [7, 11) is 0. The summed E-state index contributed by atoms with van der Waals surface area (Å²) < 4.78 is 0. The van der Waals surface area contributed by atoms with Gasteiger partial charge in [0.25, 0.3) is 0 Å².